The van der Waals surface area contributed by atoms with Crippen LogP contribution < -0.4 is 20.3 Å². The molecule has 3 aromatic rings. The number of rotatable bonds is 6. The van der Waals surface area contributed by atoms with Gasteiger partial charge in [-0.25, -0.2) is 4.79 Å². The van der Waals surface area contributed by atoms with Crippen LogP contribution in [-0.2, 0) is 4.74 Å². The lowest BCUT2D eigenvalue weighted by Crippen LogP contribution is -2.23. The molecule has 0 radical (unpaired) electrons. The number of hydrogen-bond donors (Lipinski definition) is 3. The van der Waals surface area contributed by atoms with Crippen LogP contribution in [0.3, 0.4) is 0 Å². The van der Waals surface area contributed by atoms with Gasteiger partial charge in [-0.15, -0.1) is 0 Å². The molecule has 1 aromatic heterocycles. The Morgan fingerprint density at radius 3 is 2.30 bits per heavy atom. The van der Waals surface area contributed by atoms with E-state index in [1.807, 2.05) is 0 Å². The number of H-pyrrole nitrogens is 1. The summed E-state index contributed by atoms with van der Waals surface area (Å²) >= 11 is 0. The average molecular weight is 412 g/mol. The van der Waals surface area contributed by atoms with E-state index in [-0.39, 0.29) is 17.5 Å². The molecule has 0 spiro atoms. The third-order valence-corrected chi connectivity index (χ3v) is 4.37. The van der Waals surface area contributed by atoms with E-state index in [2.05, 4.69) is 10.3 Å². The maximum absolute atomic E-state index is 12.7. The molecule has 1 amide bonds. The minimum absolute atomic E-state index is 0.218. The molecular weight excluding hydrogens is 392 g/mol. The van der Waals surface area contributed by atoms with Gasteiger partial charge in [-0.2, -0.15) is 0 Å². The number of aromatic nitrogens is 1. The standard InChI is InChI=1S/C21H20N2O7/c1-4-30-21(27)11-5-7-12(8-6-11)22-19(25)17-18(24)13-9-15(28-2)16(29-3)10-14(13)23-20(17)26/h5-10H,4H2,1-3H3,(H,22,25)(H2,23,24,26). The molecule has 0 unspecified atom stereocenters. The zero-order valence-electron chi connectivity index (χ0n) is 16.6. The summed E-state index contributed by atoms with van der Waals surface area (Å²) < 4.78 is 15.3. The monoisotopic (exact) mass is 412 g/mol. The van der Waals surface area contributed by atoms with Crippen molar-refractivity contribution in [3.05, 3.63) is 57.9 Å². The summed E-state index contributed by atoms with van der Waals surface area (Å²) in [6.07, 6.45) is 0. The van der Waals surface area contributed by atoms with Crippen LogP contribution in [0.5, 0.6) is 17.2 Å². The fraction of sp³-hybridized carbons (Fsp3) is 0.190. The number of anilines is 1. The predicted molar refractivity (Wildman–Crippen MR) is 110 cm³/mol. The molecule has 3 rings (SSSR count). The summed E-state index contributed by atoms with van der Waals surface area (Å²) in [5.74, 6) is -1.10. The summed E-state index contributed by atoms with van der Waals surface area (Å²) in [5, 5.41) is 13.3. The van der Waals surface area contributed by atoms with E-state index in [1.165, 1.54) is 50.6 Å². The van der Waals surface area contributed by atoms with E-state index in [9.17, 15) is 19.5 Å². The first kappa shape index (κ1) is 20.7. The molecule has 0 saturated carbocycles. The molecule has 0 fully saturated rings. The lowest BCUT2D eigenvalue weighted by Gasteiger charge is -2.12. The highest BCUT2D eigenvalue weighted by molar-refractivity contribution is 6.09. The molecule has 9 nitrogen and oxygen atoms in total. The van der Waals surface area contributed by atoms with Crippen molar-refractivity contribution in [2.24, 2.45) is 0 Å². The van der Waals surface area contributed by atoms with Crippen molar-refractivity contribution in [3.8, 4) is 17.2 Å². The number of carbonyl (C=O) groups is 2. The molecule has 3 N–H and O–H groups in total. The second-order valence-electron chi connectivity index (χ2n) is 6.18. The van der Waals surface area contributed by atoms with E-state index >= 15 is 0 Å². The van der Waals surface area contributed by atoms with Crippen LogP contribution in [0.4, 0.5) is 5.69 Å². The molecule has 0 aliphatic rings. The Bertz CT molecular complexity index is 1170. The van der Waals surface area contributed by atoms with Gasteiger partial charge in [0.2, 0.25) is 0 Å². The summed E-state index contributed by atoms with van der Waals surface area (Å²) in [5.41, 5.74) is -0.288. The van der Waals surface area contributed by atoms with Crippen LogP contribution in [0.15, 0.2) is 41.2 Å². The number of ether oxygens (including phenoxy) is 3. The molecule has 156 valence electrons. The highest BCUT2D eigenvalue weighted by Gasteiger charge is 2.21. The van der Waals surface area contributed by atoms with Crippen molar-refractivity contribution < 1.29 is 28.9 Å². The van der Waals surface area contributed by atoms with Crippen LogP contribution in [0.2, 0.25) is 0 Å². The van der Waals surface area contributed by atoms with Crippen molar-refractivity contribution in [2.45, 2.75) is 6.92 Å². The van der Waals surface area contributed by atoms with Gasteiger partial charge < -0.3 is 29.6 Å². The fourth-order valence-electron chi connectivity index (χ4n) is 2.91. The van der Waals surface area contributed by atoms with Gasteiger partial charge in [0, 0.05) is 17.1 Å². The first-order chi connectivity index (χ1) is 14.4. The third-order valence-electron chi connectivity index (χ3n) is 4.37. The first-order valence-electron chi connectivity index (χ1n) is 8.99. The first-order valence-corrected chi connectivity index (χ1v) is 8.99. The zero-order chi connectivity index (χ0) is 21.8. The Morgan fingerprint density at radius 2 is 1.70 bits per heavy atom. The van der Waals surface area contributed by atoms with Crippen molar-refractivity contribution in [1.82, 2.24) is 4.98 Å². The number of pyridine rings is 1. The third kappa shape index (κ3) is 3.90. The number of carbonyl (C=O) groups excluding carboxylic acids is 2. The van der Waals surface area contributed by atoms with Gasteiger partial charge in [0.1, 0.15) is 11.3 Å². The fourth-order valence-corrected chi connectivity index (χ4v) is 2.91. The molecule has 2 aromatic carbocycles. The van der Waals surface area contributed by atoms with Gasteiger partial charge in [0.05, 0.1) is 31.9 Å². The summed E-state index contributed by atoms with van der Waals surface area (Å²) in [4.78, 5) is 39.4. The van der Waals surface area contributed by atoms with Crippen molar-refractivity contribution >= 4 is 28.5 Å². The van der Waals surface area contributed by atoms with Gasteiger partial charge in [-0.05, 0) is 37.3 Å². The molecule has 30 heavy (non-hydrogen) atoms. The van der Waals surface area contributed by atoms with Gasteiger partial charge in [-0.1, -0.05) is 0 Å². The number of nitrogens with one attached hydrogen (secondary N) is 2. The summed E-state index contributed by atoms with van der Waals surface area (Å²) in [7, 11) is 2.87. The second-order valence-corrected chi connectivity index (χ2v) is 6.18. The number of aromatic hydroxyl groups is 1. The quantitative estimate of drug-likeness (QED) is 0.531. The van der Waals surface area contributed by atoms with Gasteiger partial charge in [-0.3, -0.25) is 9.59 Å². The Morgan fingerprint density at radius 1 is 1.07 bits per heavy atom. The Hall–Kier alpha value is -4.01. The topological polar surface area (TPSA) is 127 Å². The number of aromatic amines is 1. The Balaban J connectivity index is 1.95. The maximum atomic E-state index is 12.7. The molecule has 0 bridgehead atoms. The zero-order valence-corrected chi connectivity index (χ0v) is 16.6. The highest BCUT2D eigenvalue weighted by atomic mass is 16.5. The molecule has 9 heteroatoms. The smallest absolute Gasteiger partial charge is 0.338 e. The van der Waals surface area contributed by atoms with Crippen LogP contribution >= 0.6 is 0 Å². The summed E-state index contributed by atoms with van der Waals surface area (Å²) in [6, 6.07) is 8.90. The largest absolute Gasteiger partial charge is 0.506 e. The van der Waals surface area contributed by atoms with Crippen molar-refractivity contribution in [1.29, 1.82) is 0 Å². The number of fused-ring (bicyclic) bond motifs is 1. The minimum Gasteiger partial charge on any atom is -0.506 e. The van der Waals surface area contributed by atoms with E-state index in [0.29, 0.717) is 22.7 Å². The highest BCUT2D eigenvalue weighted by Crippen LogP contribution is 2.35. The molecule has 0 atom stereocenters. The summed E-state index contributed by atoms with van der Waals surface area (Å²) in [6.45, 7) is 1.95. The van der Waals surface area contributed by atoms with Crippen molar-refractivity contribution in [3.63, 3.8) is 0 Å². The van der Waals surface area contributed by atoms with Crippen LogP contribution in [0.25, 0.3) is 10.9 Å². The van der Waals surface area contributed by atoms with Crippen LogP contribution in [-0.4, -0.2) is 42.8 Å². The lowest BCUT2D eigenvalue weighted by molar-refractivity contribution is 0.0526. The van der Waals surface area contributed by atoms with Crippen LogP contribution in [0.1, 0.15) is 27.6 Å². The van der Waals surface area contributed by atoms with Gasteiger partial charge in [0.15, 0.2) is 11.5 Å². The number of amides is 1. The number of esters is 1. The van der Waals surface area contributed by atoms with Gasteiger partial charge in [0.25, 0.3) is 11.5 Å². The SMILES string of the molecule is CCOC(=O)c1ccc(NC(=O)c2c(O)c3cc(OC)c(OC)cc3[nH]c2=O)cc1. The normalized spacial score (nSPS) is 10.5. The molecule has 1 heterocycles. The minimum atomic E-state index is -0.811. The Labute approximate surface area is 171 Å². The molecule has 0 aliphatic heterocycles. The van der Waals surface area contributed by atoms with E-state index < -0.39 is 28.7 Å². The van der Waals surface area contributed by atoms with E-state index in [4.69, 9.17) is 14.2 Å². The maximum Gasteiger partial charge on any atom is 0.338 e. The molecular formula is C21H20N2O7. The number of methoxy groups -OCH3 is 2. The number of hydrogen-bond acceptors (Lipinski definition) is 7. The number of benzene rings is 2. The van der Waals surface area contributed by atoms with E-state index in [0.717, 1.165) is 0 Å². The average Bonchev–Trinajstić information content (AvgIpc) is 2.73. The van der Waals surface area contributed by atoms with Gasteiger partial charge >= 0.3 is 5.97 Å². The second kappa shape index (κ2) is 8.56. The van der Waals surface area contributed by atoms with Crippen LogP contribution in [0, 0.1) is 0 Å². The van der Waals surface area contributed by atoms with Crippen molar-refractivity contribution in [2.75, 3.05) is 26.1 Å². The molecule has 0 saturated heterocycles. The Kier molecular flexibility index (Phi) is 5.91. The lowest BCUT2D eigenvalue weighted by atomic mass is 10.1. The predicted octanol–water partition coefficient (Wildman–Crippen LogP) is 2.68. The van der Waals surface area contributed by atoms with E-state index in [1.54, 1.807) is 6.92 Å². The molecule has 0 aliphatic carbocycles.